The van der Waals surface area contributed by atoms with Gasteiger partial charge < -0.3 is 11.1 Å². The first kappa shape index (κ1) is 11.8. The van der Waals surface area contributed by atoms with Crippen molar-refractivity contribution in [2.45, 2.75) is 6.54 Å². The predicted octanol–water partition coefficient (Wildman–Crippen LogP) is 2.18. The zero-order valence-electron chi connectivity index (χ0n) is 9.54. The molecule has 6 nitrogen and oxygen atoms in total. The monoisotopic (exact) mass is 244 g/mol. The number of aromatic nitrogens is 1. The van der Waals surface area contributed by atoms with E-state index in [2.05, 4.69) is 10.3 Å². The molecule has 0 bridgehead atoms. The minimum absolute atomic E-state index is 0.0815. The summed E-state index contributed by atoms with van der Waals surface area (Å²) in [4.78, 5) is 14.1. The van der Waals surface area contributed by atoms with E-state index in [1.807, 2.05) is 12.1 Å². The molecule has 0 aliphatic heterocycles. The Balaban J connectivity index is 2.07. The molecular formula is C12H12N4O2. The van der Waals surface area contributed by atoms with Crippen LogP contribution in [0.2, 0.25) is 0 Å². The second kappa shape index (κ2) is 5.13. The standard InChI is InChI=1S/C12H12N4O2/c13-11-6-10(3-4-12(11)16(17)18)15-8-9-2-1-5-14-7-9/h1-7,15H,8,13H2. The van der Waals surface area contributed by atoms with Crippen molar-refractivity contribution >= 4 is 17.1 Å². The van der Waals surface area contributed by atoms with Gasteiger partial charge in [-0.05, 0) is 23.8 Å². The van der Waals surface area contributed by atoms with Crippen molar-refractivity contribution < 1.29 is 4.92 Å². The van der Waals surface area contributed by atoms with E-state index < -0.39 is 4.92 Å². The van der Waals surface area contributed by atoms with Crippen LogP contribution in [0.15, 0.2) is 42.7 Å². The van der Waals surface area contributed by atoms with Gasteiger partial charge in [-0.1, -0.05) is 6.07 Å². The summed E-state index contributed by atoms with van der Waals surface area (Å²) in [6.07, 6.45) is 3.45. The summed E-state index contributed by atoms with van der Waals surface area (Å²) in [6, 6.07) is 8.36. The number of nitro groups is 1. The van der Waals surface area contributed by atoms with Crippen LogP contribution in [0.3, 0.4) is 0 Å². The highest BCUT2D eigenvalue weighted by atomic mass is 16.6. The van der Waals surface area contributed by atoms with E-state index in [-0.39, 0.29) is 11.4 Å². The molecule has 1 heterocycles. The Labute approximate surface area is 104 Å². The van der Waals surface area contributed by atoms with Crippen molar-refractivity contribution in [3.05, 3.63) is 58.4 Å². The number of benzene rings is 1. The maximum atomic E-state index is 10.6. The molecule has 92 valence electrons. The smallest absolute Gasteiger partial charge is 0.292 e. The molecule has 0 fully saturated rings. The van der Waals surface area contributed by atoms with Crippen LogP contribution < -0.4 is 11.1 Å². The molecule has 0 spiro atoms. The van der Waals surface area contributed by atoms with Crippen molar-refractivity contribution in [2.75, 3.05) is 11.1 Å². The summed E-state index contributed by atoms with van der Waals surface area (Å²) in [5.74, 6) is 0. The van der Waals surface area contributed by atoms with Gasteiger partial charge in [0.2, 0.25) is 0 Å². The first-order chi connectivity index (χ1) is 8.66. The van der Waals surface area contributed by atoms with Gasteiger partial charge in [0, 0.05) is 30.7 Å². The average molecular weight is 244 g/mol. The van der Waals surface area contributed by atoms with Crippen LogP contribution in [0.4, 0.5) is 17.1 Å². The molecular weight excluding hydrogens is 232 g/mol. The highest BCUT2D eigenvalue weighted by Gasteiger charge is 2.10. The van der Waals surface area contributed by atoms with Gasteiger partial charge in [-0.25, -0.2) is 0 Å². The second-order valence-electron chi connectivity index (χ2n) is 3.75. The maximum Gasteiger partial charge on any atom is 0.292 e. The molecule has 0 unspecified atom stereocenters. The van der Waals surface area contributed by atoms with E-state index in [4.69, 9.17) is 5.73 Å². The van der Waals surface area contributed by atoms with Crippen molar-refractivity contribution in [3.8, 4) is 0 Å². The van der Waals surface area contributed by atoms with Crippen LogP contribution in [0, 0.1) is 10.1 Å². The van der Waals surface area contributed by atoms with E-state index >= 15 is 0 Å². The summed E-state index contributed by atoms with van der Waals surface area (Å²) >= 11 is 0. The molecule has 2 rings (SSSR count). The Bertz CT molecular complexity index is 557. The normalized spacial score (nSPS) is 10.0. The lowest BCUT2D eigenvalue weighted by molar-refractivity contribution is -0.383. The molecule has 2 aromatic rings. The minimum atomic E-state index is -0.500. The summed E-state index contributed by atoms with van der Waals surface area (Å²) < 4.78 is 0. The minimum Gasteiger partial charge on any atom is -0.393 e. The molecule has 0 amide bonds. The van der Waals surface area contributed by atoms with Gasteiger partial charge in [-0.2, -0.15) is 0 Å². The Morgan fingerprint density at radius 2 is 2.22 bits per heavy atom. The van der Waals surface area contributed by atoms with Gasteiger partial charge in [0.1, 0.15) is 5.69 Å². The first-order valence-corrected chi connectivity index (χ1v) is 5.33. The van der Waals surface area contributed by atoms with Gasteiger partial charge in [-0.3, -0.25) is 15.1 Å². The van der Waals surface area contributed by atoms with Crippen LogP contribution in [0.25, 0.3) is 0 Å². The van der Waals surface area contributed by atoms with Gasteiger partial charge in [0.25, 0.3) is 5.69 Å². The largest absolute Gasteiger partial charge is 0.393 e. The molecule has 0 aliphatic rings. The number of rotatable bonds is 4. The number of pyridine rings is 1. The zero-order chi connectivity index (χ0) is 13.0. The van der Waals surface area contributed by atoms with Crippen LogP contribution in [0.5, 0.6) is 0 Å². The highest BCUT2D eigenvalue weighted by Crippen LogP contribution is 2.24. The fraction of sp³-hybridized carbons (Fsp3) is 0.0833. The molecule has 3 N–H and O–H groups in total. The first-order valence-electron chi connectivity index (χ1n) is 5.33. The number of nitrogens with one attached hydrogen (secondary N) is 1. The Hall–Kier alpha value is -2.63. The molecule has 0 atom stereocenters. The Morgan fingerprint density at radius 3 is 2.83 bits per heavy atom. The number of anilines is 2. The fourth-order valence-electron chi connectivity index (χ4n) is 1.54. The van der Waals surface area contributed by atoms with Crippen LogP contribution in [0.1, 0.15) is 5.56 Å². The number of hydrogen-bond donors (Lipinski definition) is 2. The molecule has 0 radical (unpaired) electrons. The second-order valence-corrected chi connectivity index (χ2v) is 3.75. The van der Waals surface area contributed by atoms with E-state index in [1.165, 1.54) is 6.07 Å². The number of nitro benzene ring substituents is 1. The molecule has 0 aliphatic carbocycles. The summed E-state index contributed by atoms with van der Waals surface area (Å²) in [5.41, 5.74) is 7.43. The van der Waals surface area contributed by atoms with E-state index in [0.717, 1.165) is 11.3 Å². The third kappa shape index (κ3) is 2.73. The van der Waals surface area contributed by atoms with E-state index in [9.17, 15) is 10.1 Å². The summed E-state index contributed by atoms with van der Waals surface area (Å²) in [6.45, 7) is 0.588. The molecule has 6 heteroatoms. The lowest BCUT2D eigenvalue weighted by Gasteiger charge is -2.07. The topological polar surface area (TPSA) is 94.1 Å². The Kier molecular flexibility index (Phi) is 3.38. The van der Waals surface area contributed by atoms with Gasteiger partial charge in [0.15, 0.2) is 0 Å². The lowest BCUT2D eigenvalue weighted by atomic mass is 10.2. The number of hydrogen-bond acceptors (Lipinski definition) is 5. The van der Waals surface area contributed by atoms with E-state index in [1.54, 1.807) is 24.5 Å². The van der Waals surface area contributed by atoms with Crippen molar-refractivity contribution in [3.63, 3.8) is 0 Å². The fourth-order valence-corrected chi connectivity index (χ4v) is 1.54. The molecule has 18 heavy (non-hydrogen) atoms. The molecule has 0 saturated heterocycles. The van der Waals surface area contributed by atoms with Crippen LogP contribution in [-0.4, -0.2) is 9.91 Å². The third-order valence-electron chi connectivity index (χ3n) is 2.44. The maximum absolute atomic E-state index is 10.6. The van der Waals surface area contributed by atoms with Crippen LogP contribution in [-0.2, 0) is 6.54 Å². The van der Waals surface area contributed by atoms with Crippen molar-refractivity contribution in [2.24, 2.45) is 0 Å². The summed E-state index contributed by atoms with van der Waals surface area (Å²) in [5, 5.41) is 13.7. The van der Waals surface area contributed by atoms with Crippen molar-refractivity contribution in [1.82, 2.24) is 4.98 Å². The molecule has 1 aromatic carbocycles. The average Bonchev–Trinajstić information content (AvgIpc) is 2.37. The van der Waals surface area contributed by atoms with Gasteiger partial charge >= 0.3 is 0 Å². The molecule has 0 saturated carbocycles. The van der Waals surface area contributed by atoms with Gasteiger partial charge in [0.05, 0.1) is 4.92 Å². The third-order valence-corrected chi connectivity index (χ3v) is 2.44. The van der Waals surface area contributed by atoms with Crippen molar-refractivity contribution in [1.29, 1.82) is 0 Å². The highest BCUT2D eigenvalue weighted by molar-refractivity contribution is 5.65. The van der Waals surface area contributed by atoms with E-state index in [0.29, 0.717) is 6.54 Å². The Morgan fingerprint density at radius 1 is 1.39 bits per heavy atom. The molecule has 1 aromatic heterocycles. The SMILES string of the molecule is Nc1cc(NCc2cccnc2)ccc1[N+](=O)[O-]. The van der Waals surface area contributed by atoms with Gasteiger partial charge in [-0.15, -0.1) is 0 Å². The number of nitrogen functional groups attached to an aromatic ring is 1. The van der Waals surface area contributed by atoms with Crippen LogP contribution >= 0.6 is 0 Å². The lowest BCUT2D eigenvalue weighted by Crippen LogP contribution is -2.01. The number of nitrogens with two attached hydrogens (primary N) is 1. The number of nitrogens with zero attached hydrogens (tertiary/aromatic N) is 2. The zero-order valence-corrected chi connectivity index (χ0v) is 9.54. The quantitative estimate of drug-likeness (QED) is 0.488. The predicted molar refractivity (Wildman–Crippen MR) is 69.1 cm³/mol. The summed E-state index contributed by atoms with van der Waals surface area (Å²) in [7, 11) is 0.